The predicted octanol–water partition coefficient (Wildman–Crippen LogP) is 2.30. The number of benzene rings is 1. The van der Waals surface area contributed by atoms with Gasteiger partial charge in [-0.15, -0.1) is 0 Å². The van der Waals surface area contributed by atoms with Gasteiger partial charge in [-0.3, -0.25) is 19.3 Å². The molecule has 0 spiro atoms. The molecule has 7 nitrogen and oxygen atoms in total. The third-order valence-electron chi connectivity index (χ3n) is 6.19. The minimum Gasteiger partial charge on any atom is -0.352 e. The fourth-order valence-electron chi connectivity index (χ4n) is 4.42. The molecule has 3 unspecified atom stereocenters. The minimum atomic E-state index is -0.646. The van der Waals surface area contributed by atoms with Crippen LogP contribution in [0.25, 0.3) is 0 Å². The van der Waals surface area contributed by atoms with Crippen LogP contribution in [0, 0.1) is 5.92 Å². The lowest BCUT2D eigenvalue weighted by Crippen LogP contribution is -2.55. The molecule has 3 atom stereocenters. The summed E-state index contributed by atoms with van der Waals surface area (Å²) < 4.78 is 0. The first kappa shape index (κ1) is 23.5. The van der Waals surface area contributed by atoms with Gasteiger partial charge in [0.25, 0.3) is 5.91 Å². The van der Waals surface area contributed by atoms with E-state index in [-0.39, 0.29) is 17.7 Å². The van der Waals surface area contributed by atoms with Gasteiger partial charge < -0.3 is 15.5 Å². The van der Waals surface area contributed by atoms with Crippen molar-refractivity contribution in [2.75, 3.05) is 32.7 Å². The zero-order valence-electron chi connectivity index (χ0n) is 18.4. The summed E-state index contributed by atoms with van der Waals surface area (Å²) in [4.78, 5) is 41.4. The molecule has 1 heterocycles. The Morgan fingerprint density at radius 2 is 1.84 bits per heavy atom. The second-order valence-corrected chi connectivity index (χ2v) is 9.22. The van der Waals surface area contributed by atoms with E-state index in [1.807, 2.05) is 0 Å². The summed E-state index contributed by atoms with van der Waals surface area (Å²) in [5.74, 6) is 0.257. The normalized spacial score (nSPS) is 23.1. The average Bonchev–Trinajstić information content (AvgIpc) is 2.74. The first-order valence-corrected chi connectivity index (χ1v) is 11.6. The summed E-state index contributed by atoms with van der Waals surface area (Å²) >= 11 is 6.06. The van der Waals surface area contributed by atoms with Crippen LogP contribution in [0.2, 0.25) is 5.02 Å². The quantitative estimate of drug-likeness (QED) is 0.699. The molecule has 0 bridgehead atoms. The van der Waals surface area contributed by atoms with Crippen LogP contribution in [-0.4, -0.2) is 72.3 Å². The van der Waals surface area contributed by atoms with E-state index in [0.717, 1.165) is 12.8 Å². The zero-order valence-corrected chi connectivity index (χ0v) is 19.2. The van der Waals surface area contributed by atoms with Crippen molar-refractivity contribution in [2.45, 2.75) is 51.6 Å². The van der Waals surface area contributed by atoms with E-state index in [1.54, 1.807) is 36.1 Å². The topological polar surface area (TPSA) is 81.8 Å². The van der Waals surface area contributed by atoms with Crippen molar-refractivity contribution in [3.63, 3.8) is 0 Å². The highest BCUT2D eigenvalue weighted by molar-refractivity contribution is 6.33. The van der Waals surface area contributed by atoms with E-state index in [0.29, 0.717) is 55.3 Å². The fraction of sp³-hybridized carbons (Fsp3) is 0.609. The molecule has 170 valence electrons. The zero-order chi connectivity index (χ0) is 22.4. The third kappa shape index (κ3) is 6.68. The number of nitrogens with one attached hydrogen (secondary N) is 2. The van der Waals surface area contributed by atoms with Crippen LogP contribution in [-0.2, 0) is 9.59 Å². The van der Waals surface area contributed by atoms with E-state index in [4.69, 9.17) is 11.6 Å². The molecule has 0 radical (unpaired) electrons. The van der Waals surface area contributed by atoms with Gasteiger partial charge >= 0.3 is 0 Å². The van der Waals surface area contributed by atoms with Crippen molar-refractivity contribution < 1.29 is 14.4 Å². The highest BCUT2D eigenvalue weighted by atomic mass is 35.5. The number of rotatable bonds is 6. The van der Waals surface area contributed by atoms with E-state index in [1.165, 1.54) is 12.8 Å². The maximum atomic E-state index is 12.8. The number of piperazine rings is 1. The number of nitrogens with zero attached hydrogens (tertiary/aromatic N) is 2. The smallest absolute Gasteiger partial charge is 0.253 e. The van der Waals surface area contributed by atoms with E-state index in [9.17, 15) is 14.4 Å². The monoisotopic (exact) mass is 448 g/mol. The third-order valence-corrected chi connectivity index (χ3v) is 6.52. The van der Waals surface area contributed by atoms with Gasteiger partial charge in [0, 0.05) is 32.2 Å². The lowest BCUT2D eigenvalue weighted by Gasteiger charge is -2.36. The second kappa shape index (κ2) is 11.0. The Morgan fingerprint density at radius 3 is 2.52 bits per heavy atom. The van der Waals surface area contributed by atoms with Crippen LogP contribution in [0.3, 0.4) is 0 Å². The Morgan fingerprint density at radius 1 is 1.13 bits per heavy atom. The first-order valence-electron chi connectivity index (χ1n) is 11.2. The molecule has 1 saturated heterocycles. The van der Waals surface area contributed by atoms with Gasteiger partial charge in [0.15, 0.2) is 0 Å². The molecule has 31 heavy (non-hydrogen) atoms. The van der Waals surface area contributed by atoms with E-state index in [2.05, 4.69) is 22.5 Å². The van der Waals surface area contributed by atoms with Crippen molar-refractivity contribution in [3.8, 4) is 0 Å². The fourth-order valence-corrected chi connectivity index (χ4v) is 4.64. The van der Waals surface area contributed by atoms with Gasteiger partial charge in [0.1, 0.15) is 6.04 Å². The summed E-state index contributed by atoms with van der Waals surface area (Å²) in [5, 5.41) is 6.26. The first-order chi connectivity index (χ1) is 14.8. The summed E-state index contributed by atoms with van der Waals surface area (Å²) in [5.41, 5.74) is 0.354. The maximum Gasteiger partial charge on any atom is 0.253 e. The molecule has 3 rings (SSSR count). The van der Waals surface area contributed by atoms with Gasteiger partial charge in [-0.25, -0.2) is 0 Å². The van der Waals surface area contributed by atoms with Crippen molar-refractivity contribution in [3.05, 3.63) is 34.9 Å². The van der Waals surface area contributed by atoms with E-state index >= 15 is 0 Å². The molecule has 8 heteroatoms. The number of amides is 3. The highest BCUT2D eigenvalue weighted by Crippen LogP contribution is 2.23. The molecule has 1 aliphatic carbocycles. The van der Waals surface area contributed by atoms with Gasteiger partial charge in [-0.05, 0) is 37.8 Å². The molecule has 1 aromatic rings. The van der Waals surface area contributed by atoms with Crippen LogP contribution in [0.1, 0.15) is 49.9 Å². The highest BCUT2D eigenvalue weighted by Gasteiger charge is 2.28. The van der Waals surface area contributed by atoms with Crippen LogP contribution >= 0.6 is 11.6 Å². The summed E-state index contributed by atoms with van der Waals surface area (Å²) in [6, 6.07) is 6.41. The van der Waals surface area contributed by atoms with E-state index < -0.39 is 6.04 Å². The molecular weight excluding hydrogens is 416 g/mol. The van der Waals surface area contributed by atoms with Gasteiger partial charge in [0.05, 0.1) is 17.1 Å². The molecule has 2 N–H and O–H groups in total. The van der Waals surface area contributed by atoms with Crippen molar-refractivity contribution >= 4 is 29.3 Å². The lowest BCUT2D eigenvalue weighted by atomic mass is 9.87. The van der Waals surface area contributed by atoms with Crippen LogP contribution in [0.4, 0.5) is 0 Å². The molecule has 2 aliphatic rings. The number of halogens is 1. The molecule has 3 amide bonds. The molecular formula is C23H33ClN4O3. The summed E-state index contributed by atoms with van der Waals surface area (Å²) in [6.45, 7) is 6.66. The molecule has 1 aliphatic heterocycles. The van der Waals surface area contributed by atoms with Crippen LogP contribution < -0.4 is 10.6 Å². The second-order valence-electron chi connectivity index (χ2n) is 8.81. The Bertz CT molecular complexity index is 795. The largest absolute Gasteiger partial charge is 0.352 e. The molecule has 1 saturated carbocycles. The Kier molecular flexibility index (Phi) is 8.32. The van der Waals surface area contributed by atoms with Gasteiger partial charge in [-0.2, -0.15) is 0 Å². The molecule has 0 aromatic heterocycles. The average molecular weight is 449 g/mol. The molecule has 1 aromatic carbocycles. The Hall–Kier alpha value is -2.12. The van der Waals surface area contributed by atoms with Crippen molar-refractivity contribution in [1.82, 2.24) is 20.4 Å². The lowest BCUT2D eigenvalue weighted by molar-refractivity contribution is -0.134. The number of hydrogen-bond donors (Lipinski definition) is 2. The number of carbonyl (C=O) groups excluding carboxylic acids is 3. The SMILES string of the molecule is CC1CCCC(NC(=O)CN2CCN(C(=O)C(C)NC(=O)c3ccccc3Cl)CC2)C1. The van der Waals surface area contributed by atoms with Gasteiger partial charge in [0.2, 0.25) is 11.8 Å². The number of hydrogen-bond acceptors (Lipinski definition) is 4. The number of carbonyl (C=O) groups is 3. The maximum absolute atomic E-state index is 12.8. The van der Waals surface area contributed by atoms with Gasteiger partial charge in [-0.1, -0.05) is 43.5 Å². The van der Waals surface area contributed by atoms with Crippen molar-refractivity contribution in [1.29, 1.82) is 0 Å². The summed E-state index contributed by atoms with van der Waals surface area (Å²) in [6.07, 6.45) is 4.56. The summed E-state index contributed by atoms with van der Waals surface area (Å²) in [7, 11) is 0. The van der Waals surface area contributed by atoms with Crippen molar-refractivity contribution in [2.24, 2.45) is 5.92 Å². The molecule has 2 fully saturated rings. The van der Waals surface area contributed by atoms with Crippen LogP contribution in [0.5, 0.6) is 0 Å². The Balaban J connectivity index is 1.41. The predicted molar refractivity (Wildman–Crippen MR) is 121 cm³/mol. The standard InChI is InChI=1S/C23H33ClN4O3/c1-16-6-5-7-18(14-16)26-21(29)15-27-10-12-28(13-11-27)23(31)17(2)25-22(30)19-8-3-4-9-20(19)24/h3-4,8-9,16-18H,5-7,10-15H2,1-2H3,(H,25,30)(H,26,29). The Labute approximate surface area is 189 Å². The minimum absolute atomic E-state index is 0.0687. The van der Waals surface area contributed by atoms with Crippen LogP contribution in [0.15, 0.2) is 24.3 Å².